The molecule has 0 saturated heterocycles. The molecule has 0 unspecified atom stereocenters. The molecule has 0 aromatic carbocycles. The average Bonchev–Trinajstić information content (AvgIpc) is 2.45. The van der Waals surface area contributed by atoms with Crippen molar-refractivity contribution in [2.45, 2.75) is 53.5 Å². The molecule has 1 aromatic rings. The molecular weight excluding hydrogens is 216 g/mol. The first-order valence-corrected chi connectivity index (χ1v) is 5.85. The summed E-state index contributed by atoms with van der Waals surface area (Å²) in [5.41, 5.74) is 0.605. The molecule has 1 rings (SSSR count). The Morgan fingerprint density at radius 1 is 1.35 bits per heavy atom. The number of carbonyl (C=O) groups excluding carboxylic acids is 1. The van der Waals surface area contributed by atoms with Crippen molar-refractivity contribution in [1.29, 1.82) is 0 Å². The number of aryl methyl sites for hydroxylation is 1. The van der Waals surface area contributed by atoms with E-state index in [9.17, 15) is 4.79 Å². The Bertz CT molecular complexity index is 400. The van der Waals surface area contributed by atoms with Crippen molar-refractivity contribution in [2.24, 2.45) is 5.41 Å². The van der Waals surface area contributed by atoms with E-state index in [1.807, 2.05) is 13.8 Å². The van der Waals surface area contributed by atoms with E-state index < -0.39 is 0 Å². The number of hydrogen-bond donors (Lipinski definition) is 1. The molecule has 0 saturated carbocycles. The third kappa shape index (κ3) is 4.59. The predicted octanol–water partition coefficient (Wildman–Crippen LogP) is 2.93. The van der Waals surface area contributed by atoms with Crippen LogP contribution in [0, 0.1) is 12.3 Å². The minimum absolute atomic E-state index is 0.161. The summed E-state index contributed by atoms with van der Waals surface area (Å²) < 4.78 is 4.94. The zero-order valence-electron chi connectivity index (χ0n) is 11.5. The van der Waals surface area contributed by atoms with Crippen LogP contribution in [0.3, 0.4) is 0 Å². The van der Waals surface area contributed by atoms with Crippen LogP contribution in [0.2, 0.25) is 0 Å². The van der Waals surface area contributed by atoms with Crippen molar-refractivity contribution in [3.63, 3.8) is 0 Å². The molecule has 17 heavy (non-hydrogen) atoms. The van der Waals surface area contributed by atoms with Gasteiger partial charge in [-0.25, -0.2) is 0 Å². The summed E-state index contributed by atoms with van der Waals surface area (Å²) in [5, 5.41) is 6.68. The summed E-state index contributed by atoms with van der Waals surface area (Å²) in [6.07, 6.45) is 0.888. The fraction of sp³-hybridized carbons (Fsp3) is 0.692. The molecule has 1 heterocycles. The van der Waals surface area contributed by atoms with Crippen LogP contribution in [0.5, 0.6) is 0 Å². The molecule has 0 aliphatic heterocycles. The van der Waals surface area contributed by atoms with Gasteiger partial charge in [-0.1, -0.05) is 25.9 Å². The van der Waals surface area contributed by atoms with E-state index in [0.717, 1.165) is 6.42 Å². The average molecular weight is 238 g/mol. The van der Waals surface area contributed by atoms with Crippen molar-refractivity contribution in [3.05, 3.63) is 17.5 Å². The second kappa shape index (κ2) is 4.51. The van der Waals surface area contributed by atoms with Gasteiger partial charge in [-0.15, -0.1) is 0 Å². The first-order chi connectivity index (χ1) is 7.59. The Hall–Kier alpha value is -1.32. The van der Waals surface area contributed by atoms with Gasteiger partial charge in [0.2, 0.25) is 5.76 Å². The molecule has 4 heteroatoms. The second-order valence-electron chi connectivity index (χ2n) is 6.41. The normalized spacial score (nSPS) is 12.6. The number of carbonyl (C=O) groups is 1. The zero-order chi connectivity index (χ0) is 13.3. The summed E-state index contributed by atoms with van der Waals surface area (Å²) in [5.74, 6) is 0.0596. The van der Waals surface area contributed by atoms with Crippen molar-refractivity contribution in [3.8, 4) is 0 Å². The summed E-state index contributed by atoms with van der Waals surface area (Å²) in [7, 11) is 0. The molecule has 96 valence electrons. The number of nitrogens with zero attached hydrogens (tertiary/aromatic N) is 1. The fourth-order valence-corrected chi connectivity index (χ4v) is 2.21. The molecule has 1 N–H and O–H groups in total. The molecule has 1 aromatic heterocycles. The molecule has 4 nitrogen and oxygen atoms in total. The van der Waals surface area contributed by atoms with E-state index in [-0.39, 0.29) is 22.6 Å². The Morgan fingerprint density at radius 2 is 1.94 bits per heavy atom. The van der Waals surface area contributed by atoms with Gasteiger partial charge in [0, 0.05) is 11.6 Å². The molecule has 0 aliphatic carbocycles. The Labute approximate surface area is 103 Å². The quantitative estimate of drug-likeness (QED) is 0.880. The van der Waals surface area contributed by atoms with Crippen LogP contribution >= 0.6 is 0 Å². The van der Waals surface area contributed by atoms with Gasteiger partial charge in [-0.3, -0.25) is 4.79 Å². The van der Waals surface area contributed by atoms with Crippen molar-refractivity contribution in [2.75, 3.05) is 0 Å². The van der Waals surface area contributed by atoms with Crippen LogP contribution in [0.4, 0.5) is 0 Å². The van der Waals surface area contributed by atoms with E-state index in [2.05, 4.69) is 31.2 Å². The molecule has 0 aliphatic rings. The number of hydrogen-bond acceptors (Lipinski definition) is 3. The molecule has 0 atom stereocenters. The first kappa shape index (κ1) is 13.7. The van der Waals surface area contributed by atoms with Gasteiger partial charge in [0.15, 0.2) is 0 Å². The van der Waals surface area contributed by atoms with Crippen LogP contribution in [0.15, 0.2) is 10.6 Å². The van der Waals surface area contributed by atoms with Gasteiger partial charge in [0.25, 0.3) is 5.91 Å². The summed E-state index contributed by atoms with van der Waals surface area (Å²) in [6, 6.07) is 1.64. The van der Waals surface area contributed by atoms with Gasteiger partial charge in [0.1, 0.15) is 0 Å². The van der Waals surface area contributed by atoms with Crippen LogP contribution in [-0.2, 0) is 0 Å². The smallest absolute Gasteiger partial charge is 0.290 e. The Morgan fingerprint density at radius 3 is 2.35 bits per heavy atom. The second-order valence-corrected chi connectivity index (χ2v) is 6.41. The third-order valence-electron chi connectivity index (χ3n) is 2.28. The Kier molecular flexibility index (Phi) is 3.65. The minimum atomic E-state index is -0.268. The predicted molar refractivity (Wildman–Crippen MR) is 66.9 cm³/mol. The van der Waals surface area contributed by atoms with Gasteiger partial charge in [-0.2, -0.15) is 0 Å². The number of nitrogens with one attached hydrogen (secondary N) is 1. The fourth-order valence-electron chi connectivity index (χ4n) is 2.21. The highest BCUT2D eigenvalue weighted by Gasteiger charge is 2.28. The molecule has 0 spiro atoms. The van der Waals surface area contributed by atoms with Crippen molar-refractivity contribution >= 4 is 5.91 Å². The lowest BCUT2D eigenvalue weighted by atomic mass is 9.82. The molecular formula is C13H22N2O2. The standard InChI is InChI=1S/C13H22N2O2/c1-9-7-10(17-15-9)11(16)14-13(5,6)8-12(2,3)4/h7H,8H2,1-6H3,(H,14,16). The number of aromatic nitrogens is 1. The SMILES string of the molecule is Cc1cc(C(=O)NC(C)(C)CC(C)(C)C)on1. The monoisotopic (exact) mass is 238 g/mol. The van der Waals surface area contributed by atoms with E-state index in [1.54, 1.807) is 13.0 Å². The lowest BCUT2D eigenvalue weighted by Gasteiger charge is -2.32. The van der Waals surface area contributed by atoms with Gasteiger partial charge in [-0.05, 0) is 32.6 Å². The number of rotatable bonds is 3. The van der Waals surface area contributed by atoms with Crippen LogP contribution in [-0.4, -0.2) is 16.6 Å². The van der Waals surface area contributed by atoms with E-state index in [4.69, 9.17) is 4.52 Å². The molecule has 0 fully saturated rings. The van der Waals surface area contributed by atoms with E-state index in [1.165, 1.54) is 0 Å². The van der Waals surface area contributed by atoms with Crippen molar-refractivity contribution in [1.82, 2.24) is 10.5 Å². The van der Waals surface area contributed by atoms with Gasteiger partial charge < -0.3 is 9.84 Å². The van der Waals surface area contributed by atoms with Crippen LogP contribution < -0.4 is 5.32 Å². The van der Waals surface area contributed by atoms with Crippen molar-refractivity contribution < 1.29 is 9.32 Å². The topological polar surface area (TPSA) is 55.1 Å². The first-order valence-electron chi connectivity index (χ1n) is 5.85. The van der Waals surface area contributed by atoms with Crippen LogP contribution in [0.1, 0.15) is 57.3 Å². The largest absolute Gasteiger partial charge is 0.351 e. The van der Waals surface area contributed by atoms with Gasteiger partial charge in [0.05, 0.1) is 5.69 Å². The third-order valence-corrected chi connectivity index (χ3v) is 2.28. The maximum atomic E-state index is 11.9. The summed E-state index contributed by atoms with van der Waals surface area (Å²) >= 11 is 0. The summed E-state index contributed by atoms with van der Waals surface area (Å²) in [6.45, 7) is 12.3. The summed E-state index contributed by atoms with van der Waals surface area (Å²) in [4.78, 5) is 11.9. The van der Waals surface area contributed by atoms with Gasteiger partial charge >= 0.3 is 0 Å². The minimum Gasteiger partial charge on any atom is -0.351 e. The van der Waals surface area contributed by atoms with E-state index >= 15 is 0 Å². The lowest BCUT2D eigenvalue weighted by Crippen LogP contribution is -2.45. The lowest BCUT2D eigenvalue weighted by molar-refractivity contribution is 0.0853. The maximum Gasteiger partial charge on any atom is 0.290 e. The molecule has 1 amide bonds. The maximum absolute atomic E-state index is 11.9. The molecule has 0 radical (unpaired) electrons. The zero-order valence-corrected chi connectivity index (χ0v) is 11.5. The highest BCUT2D eigenvalue weighted by atomic mass is 16.5. The van der Waals surface area contributed by atoms with Crippen LogP contribution in [0.25, 0.3) is 0 Å². The van der Waals surface area contributed by atoms with E-state index in [0.29, 0.717) is 5.69 Å². The Balaban J connectivity index is 2.68. The number of amides is 1. The molecule has 0 bridgehead atoms. The highest BCUT2D eigenvalue weighted by molar-refractivity contribution is 5.91. The highest BCUT2D eigenvalue weighted by Crippen LogP contribution is 2.27.